The molecule has 0 spiro atoms. The number of para-hydroxylation sites is 1. The summed E-state index contributed by atoms with van der Waals surface area (Å²) in [5, 5.41) is 2.94. The number of nitrogen functional groups attached to an aromatic ring is 1. The Morgan fingerprint density at radius 2 is 1.95 bits per heavy atom. The molecule has 0 saturated carbocycles. The molecule has 1 saturated heterocycles. The summed E-state index contributed by atoms with van der Waals surface area (Å²) in [7, 11) is -3.14. The van der Waals surface area contributed by atoms with Gasteiger partial charge in [0.25, 0.3) is 5.91 Å². The van der Waals surface area contributed by atoms with Crippen molar-refractivity contribution < 1.29 is 13.2 Å². The average Bonchev–Trinajstić information content (AvgIpc) is 2.48. The van der Waals surface area contributed by atoms with E-state index in [2.05, 4.69) is 5.32 Å². The molecule has 0 aromatic heterocycles. The van der Waals surface area contributed by atoms with Gasteiger partial charge in [-0.2, -0.15) is 0 Å². The first-order chi connectivity index (χ1) is 10.4. The maximum Gasteiger partial charge on any atom is 0.253 e. The van der Waals surface area contributed by atoms with Crippen LogP contribution < -0.4 is 11.1 Å². The topological polar surface area (TPSA) is 92.5 Å². The van der Waals surface area contributed by atoms with Crippen LogP contribution in [0.25, 0.3) is 0 Å². The molecule has 1 aliphatic heterocycles. The van der Waals surface area contributed by atoms with Crippen LogP contribution in [0.3, 0.4) is 0 Å². The number of nitrogens with two attached hydrogens (primary N) is 1. The van der Waals surface area contributed by atoms with Crippen molar-refractivity contribution in [1.29, 1.82) is 0 Å². The highest BCUT2D eigenvalue weighted by molar-refractivity contribution is 7.89. The van der Waals surface area contributed by atoms with E-state index in [1.165, 1.54) is 4.31 Å². The molecule has 1 aromatic rings. The van der Waals surface area contributed by atoms with E-state index in [4.69, 9.17) is 5.73 Å². The van der Waals surface area contributed by atoms with Gasteiger partial charge in [-0.05, 0) is 31.4 Å². The molecule has 0 bridgehead atoms. The fourth-order valence-corrected chi connectivity index (χ4v) is 4.17. The van der Waals surface area contributed by atoms with E-state index >= 15 is 0 Å². The normalized spacial score (nSPS) is 17.3. The molecule has 1 amide bonds. The third-order valence-electron chi connectivity index (χ3n) is 3.85. The van der Waals surface area contributed by atoms with Crippen molar-refractivity contribution in [2.75, 3.05) is 24.6 Å². The smallest absolute Gasteiger partial charge is 0.253 e. The lowest BCUT2D eigenvalue weighted by atomic mass is 10.1. The minimum Gasteiger partial charge on any atom is -0.398 e. The van der Waals surface area contributed by atoms with E-state index in [9.17, 15) is 13.2 Å². The highest BCUT2D eigenvalue weighted by atomic mass is 32.2. The molecule has 0 aliphatic carbocycles. The van der Waals surface area contributed by atoms with E-state index in [0.717, 1.165) is 0 Å². The highest BCUT2D eigenvalue weighted by Crippen LogP contribution is 2.17. The Morgan fingerprint density at radius 3 is 2.55 bits per heavy atom. The molecule has 1 aromatic carbocycles. The number of hydrogen-bond acceptors (Lipinski definition) is 4. The average molecular weight is 325 g/mol. The predicted octanol–water partition coefficient (Wildman–Crippen LogP) is 1.20. The number of carbonyl (C=O) groups excluding carboxylic acids is 1. The lowest BCUT2D eigenvalue weighted by Gasteiger charge is -2.31. The zero-order valence-corrected chi connectivity index (χ0v) is 13.6. The summed E-state index contributed by atoms with van der Waals surface area (Å²) in [6.07, 6.45) is 1.87. The van der Waals surface area contributed by atoms with Crippen LogP contribution in [0.4, 0.5) is 5.69 Å². The number of anilines is 1. The predicted molar refractivity (Wildman–Crippen MR) is 87.0 cm³/mol. The quantitative estimate of drug-likeness (QED) is 0.796. The van der Waals surface area contributed by atoms with Gasteiger partial charge < -0.3 is 11.1 Å². The molecular formula is C15H23N3O3S. The number of hydrogen-bond donors (Lipinski definition) is 2. The maximum absolute atomic E-state index is 12.2. The van der Waals surface area contributed by atoms with E-state index < -0.39 is 10.0 Å². The van der Waals surface area contributed by atoms with Crippen molar-refractivity contribution in [3.8, 4) is 0 Å². The molecule has 3 N–H and O–H groups in total. The Hall–Kier alpha value is -1.60. The first-order valence-electron chi connectivity index (χ1n) is 7.57. The summed E-state index contributed by atoms with van der Waals surface area (Å²) < 4.78 is 25.5. The Labute approximate surface area is 131 Å². The van der Waals surface area contributed by atoms with E-state index in [-0.39, 0.29) is 17.7 Å². The summed E-state index contributed by atoms with van der Waals surface area (Å²) in [5.41, 5.74) is 6.70. The molecule has 122 valence electrons. The number of nitrogens with zero attached hydrogens (tertiary/aromatic N) is 1. The van der Waals surface area contributed by atoms with E-state index in [1.807, 2.05) is 6.92 Å². The molecule has 0 atom stereocenters. The fourth-order valence-electron chi connectivity index (χ4n) is 2.63. The minimum atomic E-state index is -3.14. The van der Waals surface area contributed by atoms with Crippen LogP contribution >= 0.6 is 0 Å². The van der Waals surface area contributed by atoms with Gasteiger partial charge in [0, 0.05) is 24.8 Å². The highest BCUT2D eigenvalue weighted by Gasteiger charge is 2.28. The monoisotopic (exact) mass is 325 g/mol. The number of sulfonamides is 1. The van der Waals surface area contributed by atoms with Crippen LogP contribution in [-0.4, -0.2) is 43.5 Å². The SMILES string of the molecule is CCCS(=O)(=O)N1CCC(NC(=O)c2ccccc2N)CC1. The van der Waals surface area contributed by atoms with Gasteiger partial charge in [0.1, 0.15) is 0 Å². The van der Waals surface area contributed by atoms with E-state index in [1.54, 1.807) is 24.3 Å². The number of benzene rings is 1. The second-order valence-electron chi connectivity index (χ2n) is 5.55. The molecule has 2 rings (SSSR count). The van der Waals surface area contributed by atoms with Crippen molar-refractivity contribution in [1.82, 2.24) is 9.62 Å². The number of rotatable bonds is 5. The van der Waals surface area contributed by atoms with Crippen molar-refractivity contribution in [3.63, 3.8) is 0 Å². The molecule has 0 radical (unpaired) electrons. The summed E-state index contributed by atoms with van der Waals surface area (Å²) in [6, 6.07) is 6.91. The lowest BCUT2D eigenvalue weighted by molar-refractivity contribution is 0.0925. The molecule has 7 heteroatoms. The number of piperidine rings is 1. The Kier molecular flexibility index (Phi) is 5.42. The lowest BCUT2D eigenvalue weighted by Crippen LogP contribution is -2.47. The molecule has 6 nitrogen and oxygen atoms in total. The molecule has 1 fully saturated rings. The maximum atomic E-state index is 12.2. The number of amides is 1. The summed E-state index contributed by atoms with van der Waals surface area (Å²) in [5.74, 6) is -0.0159. The molecule has 0 unspecified atom stereocenters. The molecule has 1 aliphatic rings. The van der Waals surface area contributed by atoms with Crippen molar-refractivity contribution in [2.24, 2.45) is 0 Å². The molecule has 22 heavy (non-hydrogen) atoms. The van der Waals surface area contributed by atoms with Crippen molar-refractivity contribution in [3.05, 3.63) is 29.8 Å². The van der Waals surface area contributed by atoms with Gasteiger partial charge in [-0.25, -0.2) is 12.7 Å². The van der Waals surface area contributed by atoms with Crippen LogP contribution in [-0.2, 0) is 10.0 Å². The van der Waals surface area contributed by atoms with Gasteiger partial charge in [0.15, 0.2) is 0 Å². The second kappa shape index (κ2) is 7.11. The summed E-state index contributed by atoms with van der Waals surface area (Å²) >= 11 is 0. The van der Waals surface area contributed by atoms with Crippen LogP contribution in [0, 0.1) is 0 Å². The molecule has 1 heterocycles. The zero-order valence-electron chi connectivity index (χ0n) is 12.8. The Balaban J connectivity index is 1.90. The van der Waals surface area contributed by atoms with Gasteiger partial charge in [0.05, 0.1) is 11.3 Å². The van der Waals surface area contributed by atoms with Crippen LogP contribution in [0.5, 0.6) is 0 Å². The fraction of sp³-hybridized carbons (Fsp3) is 0.533. The largest absolute Gasteiger partial charge is 0.398 e. The Bertz CT molecular complexity index is 623. The van der Waals surface area contributed by atoms with Crippen molar-refractivity contribution >= 4 is 21.6 Å². The van der Waals surface area contributed by atoms with E-state index in [0.29, 0.717) is 43.6 Å². The first-order valence-corrected chi connectivity index (χ1v) is 9.18. The minimum absolute atomic E-state index is 0.0137. The summed E-state index contributed by atoms with van der Waals surface area (Å²) in [6.45, 7) is 2.77. The third kappa shape index (κ3) is 3.98. The number of nitrogens with one attached hydrogen (secondary N) is 1. The standard InChI is InChI=1S/C15H23N3O3S/c1-2-11-22(20,21)18-9-7-12(8-10-18)17-15(19)13-5-3-4-6-14(13)16/h3-6,12H,2,7-11,16H2,1H3,(H,17,19). The van der Waals surface area contributed by atoms with Crippen LogP contribution in [0.2, 0.25) is 0 Å². The zero-order chi connectivity index (χ0) is 16.2. The van der Waals surface area contributed by atoms with Crippen LogP contribution in [0.15, 0.2) is 24.3 Å². The Morgan fingerprint density at radius 1 is 1.32 bits per heavy atom. The third-order valence-corrected chi connectivity index (χ3v) is 5.93. The van der Waals surface area contributed by atoms with Crippen LogP contribution in [0.1, 0.15) is 36.5 Å². The van der Waals surface area contributed by atoms with Gasteiger partial charge in [0.2, 0.25) is 10.0 Å². The second-order valence-corrected chi connectivity index (χ2v) is 7.64. The van der Waals surface area contributed by atoms with Crippen molar-refractivity contribution in [2.45, 2.75) is 32.2 Å². The summed E-state index contributed by atoms with van der Waals surface area (Å²) in [4.78, 5) is 12.2. The first kappa shape index (κ1) is 16.8. The van der Waals surface area contributed by atoms with Gasteiger partial charge >= 0.3 is 0 Å². The molecular weight excluding hydrogens is 302 g/mol. The van der Waals surface area contributed by atoms with Gasteiger partial charge in [-0.1, -0.05) is 19.1 Å². The number of carbonyl (C=O) groups is 1. The van der Waals surface area contributed by atoms with Gasteiger partial charge in [-0.15, -0.1) is 0 Å². The van der Waals surface area contributed by atoms with Gasteiger partial charge in [-0.3, -0.25) is 4.79 Å².